The van der Waals surface area contributed by atoms with Crippen molar-refractivity contribution in [3.05, 3.63) is 41.6 Å². The van der Waals surface area contributed by atoms with Gasteiger partial charge in [0.25, 0.3) is 0 Å². The number of nitrogens with zero attached hydrogens (tertiary/aromatic N) is 4. The number of benzene rings is 1. The molecule has 1 aromatic carbocycles. The molecule has 2 heterocycles. The van der Waals surface area contributed by atoms with Gasteiger partial charge in [-0.25, -0.2) is 4.79 Å². The van der Waals surface area contributed by atoms with E-state index in [1.54, 1.807) is 11.7 Å². The average molecular weight is 328 g/mol. The van der Waals surface area contributed by atoms with Crippen molar-refractivity contribution < 1.29 is 4.79 Å². The highest BCUT2D eigenvalue weighted by molar-refractivity contribution is 5.88. The molecule has 128 valence electrons. The van der Waals surface area contributed by atoms with E-state index in [9.17, 15) is 4.79 Å². The molecule has 0 aliphatic carbocycles. The molecular weight excluding hydrogens is 304 g/mol. The van der Waals surface area contributed by atoms with Gasteiger partial charge in [0.15, 0.2) is 5.82 Å². The van der Waals surface area contributed by atoms with E-state index in [0.717, 1.165) is 18.8 Å². The molecule has 3 rings (SSSR count). The van der Waals surface area contributed by atoms with Crippen LogP contribution < -0.4 is 10.6 Å². The first-order valence-corrected chi connectivity index (χ1v) is 8.19. The molecule has 0 spiro atoms. The van der Waals surface area contributed by atoms with Crippen molar-refractivity contribution in [1.82, 2.24) is 25.2 Å². The van der Waals surface area contributed by atoms with Crippen LogP contribution in [-0.4, -0.2) is 52.6 Å². The third-order valence-electron chi connectivity index (χ3n) is 4.72. The summed E-state index contributed by atoms with van der Waals surface area (Å²) in [5, 5.41) is 13.6. The number of rotatable bonds is 4. The highest BCUT2D eigenvalue weighted by Crippen LogP contribution is 2.31. The van der Waals surface area contributed by atoms with Gasteiger partial charge in [0.1, 0.15) is 0 Å². The first-order chi connectivity index (χ1) is 11.5. The van der Waals surface area contributed by atoms with Gasteiger partial charge in [0.05, 0.1) is 5.69 Å². The van der Waals surface area contributed by atoms with Gasteiger partial charge in [0.2, 0.25) is 0 Å². The maximum absolute atomic E-state index is 12.1. The minimum atomic E-state index is -0.236. The number of urea groups is 1. The number of aromatic nitrogens is 3. The molecule has 2 N–H and O–H groups in total. The molecule has 1 saturated heterocycles. The van der Waals surface area contributed by atoms with E-state index in [4.69, 9.17) is 0 Å². The zero-order valence-electron chi connectivity index (χ0n) is 14.4. The van der Waals surface area contributed by atoms with E-state index < -0.39 is 0 Å². The molecule has 2 amide bonds. The largest absolute Gasteiger partial charge is 0.337 e. The van der Waals surface area contributed by atoms with Crippen LogP contribution in [0.1, 0.15) is 17.2 Å². The number of aryl methyl sites for hydroxylation is 1. The highest BCUT2D eigenvalue weighted by atomic mass is 16.2. The van der Waals surface area contributed by atoms with E-state index in [0.29, 0.717) is 24.2 Å². The number of likely N-dealkylation sites (N-methyl/N-ethyl adjacent to an activating group) is 1. The van der Waals surface area contributed by atoms with Crippen LogP contribution in [0.5, 0.6) is 0 Å². The Kier molecular flexibility index (Phi) is 4.80. The summed E-state index contributed by atoms with van der Waals surface area (Å²) in [6, 6.07) is 10.3. The van der Waals surface area contributed by atoms with E-state index in [2.05, 4.69) is 57.2 Å². The van der Waals surface area contributed by atoms with Crippen molar-refractivity contribution in [2.45, 2.75) is 12.8 Å². The highest BCUT2D eigenvalue weighted by Gasteiger charge is 2.32. The van der Waals surface area contributed by atoms with Crippen molar-refractivity contribution in [2.24, 2.45) is 13.0 Å². The summed E-state index contributed by atoms with van der Waals surface area (Å²) < 4.78 is 1.63. The van der Waals surface area contributed by atoms with Crippen LogP contribution in [0.25, 0.3) is 0 Å². The molecule has 0 bridgehead atoms. The van der Waals surface area contributed by atoms with Crippen LogP contribution in [0, 0.1) is 12.8 Å². The van der Waals surface area contributed by atoms with Crippen molar-refractivity contribution >= 4 is 11.8 Å². The summed E-state index contributed by atoms with van der Waals surface area (Å²) in [5.74, 6) is 1.33. The SMILES string of the molecule is Cc1c(NC(=O)NC[C@@H]2CN(C)C[C@H]2c2ccccc2)nnn1C. The molecule has 1 fully saturated rings. The van der Waals surface area contributed by atoms with Gasteiger partial charge in [-0.3, -0.25) is 10.00 Å². The Morgan fingerprint density at radius 3 is 2.67 bits per heavy atom. The topological polar surface area (TPSA) is 75.1 Å². The number of nitrogens with one attached hydrogen (secondary N) is 2. The predicted molar refractivity (Wildman–Crippen MR) is 92.9 cm³/mol. The number of carbonyl (C=O) groups excluding carboxylic acids is 1. The molecule has 24 heavy (non-hydrogen) atoms. The van der Waals surface area contributed by atoms with Crippen molar-refractivity contribution in [1.29, 1.82) is 0 Å². The van der Waals surface area contributed by atoms with Gasteiger partial charge >= 0.3 is 6.03 Å². The second-order valence-corrected chi connectivity index (χ2v) is 6.48. The molecular formula is C17H24N6O. The van der Waals surface area contributed by atoms with Crippen molar-refractivity contribution in [3.63, 3.8) is 0 Å². The molecule has 1 aliphatic heterocycles. The van der Waals surface area contributed by atoms with Crippen LogP contribution in [0.3, 0.4) is 0 Å². The Balaban J connectivity index is 1.58. The number of likely N-dealkylation sites (tertiary alicyclic amines) is 1. The zero-order chi connectivity index (χ0) is 17.1. The molecule has 2 aromatic rings. The minimum Gasteiger partial charge on any atom is -0.337 e. The molecule has 7 nitrogen and oxygen atoms in total. The summed E-state index contributed by atoms with van der Waals surface area (Å²) in [5.41, 5.74) is 2.16. The lowest BCUT2D eigenvalue weighted by Crippen LogP contribution is -2.35. The van der Waals surface area contributed by atoms with Gasteiger partial charge < -0.3 is 10.2 Å². The Hall–Kier alpha value is -2.41. The number of hydrogen-bond donors (Lipinski definition) is 2. The monoisotopic (exact) mass is 328 g/mol. The Morgan fingerprint density at radius 1 is 1.25 bits per heavy atom. The minimum absolute atomic E-state index is 0.236. The fourth-order valence-electron chi connectivity index (χ4n) is 3.27. The quantitative estimate of drug-likeness (QED) is 0.894. The zero-order valence-corrected chi connectivity index (χ0v) is 14.4. The smallest absolute Gasteiger partial charge is 0.320 e. The molecule has 7 heteroatoms. The summed E-state index contributed by atoms with van der Waals surface area (Å²) in [7, 11) is 3.92. The average Bonchev–Trinajstić information content (AvgIpc) is 3.11. The van der Waals surface area contributed by atoms with Gasteiger partial charge in [-0.05, 0) is 25.5 Å². The lowest BCUT2D eigenvalue weighted by molar-refractivity contribution is 0.249. The predicted octanol–water partition coefficient (Wildman–Crippen LogP) is 1.59. The van der Waals surface area contributed by atoms with E-state index in [1.165, 1.54) is 5.56 Å². The Bertz CT molecular complexity index is 698. The number of hydrogen-bond acceptors (Lipinski definition) is 4. The van der Waals surface area contributed by atoms with Crippen LogP contribution >= 0.6 is 0 Å². The molecule has 0 saturated carbocycles. The maximum Gasteiger partial charge on any atom is 0.320 e. The summed E-state index contributed by atoms with van der Waals surface area (Å²) in [4.78, 5) is 14.5. The summed E-state index contributed by atoms with van der Waals surface area (Å²) in [6.45, 7) is 4.49. The number of amides is 2. The third-order valence-corrected chi connectivity index (χ3v) is 4.72. The maximum atomic E-state index is 12.1. The standard InChI is InChI=1S/C17H24N6O/c1-12-16(20-21-23(12)3)19-17(24)18-9-14-10-22(2)11-15(14)13-7-5-4-6-8-13/h4-8,14-15H,9-11H2,1-3H3,(H2,18,19,24)/t14-,15+/m1/s1. The van der Waals surface area contributed by atoms with Gasteiger partial charge in [-0.1, -0.05) is 35.5 Å². The molecule has 1 aromatic heterocycles. The van der Waals surface area contributed by atoms with Crippen LogP contribution in [0.4, 0.5) is 10.6 Å². The normalized spacial score (nSPS) is 21.0. The molecule has 1 aliphatic rings. The Labute approximate surface area is 142 Å². The summed E-state index contributed by atoms with van der Waals surface area (Å²) >= 11 is 0. The second-order valence-electron chi connectivity index (χ2n) is 6.48. The van der Waals surface area contributed by atoms with Gasteiger partial charge in [-0.2, -0.15) is 0 Å². The number of anilines is 1. The van der Waals surface area contributed by atoms with Crippen molar-refractivity contribution in [2.75, 3.05) is 32.0 Å². The second kappa shape index (κ2) is 7.00. The van der Waals surface area contributed by atoms with Crippen molar-refractivity contribution in [3.8, 4) is 0 Å². The first-order valence-electron chi connectivity index (χ1n) is 8.19. The fourth-order valence-corrected chi connectivity index (χ4v) is 3.27. The third kappa shape index (κ3) is 3.56. The van der Waals surface area contributed by atoms with E-state index >= 15 is 0 Å². The van der Waals surface area contributed by atoms with E-state index in [-0.39, 0.29) is 6.03 Å². The molecule has 0 unspecified atom stereocenters. The van der Waals surface area contributed by atoms with Gasteiger partial charge in [-0.15, -0.1) is 5.10 Å². The lowest BCUT2D eigenvalue weighted by Gasteiger charge is -2.19. The van der Waals surface area contributed by atoms with Crippen LogP contribution in [0.15, 0.2) is 30.3 Å². The van der Waals surface area contributed by atoms with Gasteiger partial charge in [0, 0.05) is 32.6 Å². The fraction of sp³-hybridized carbons (Fsp3) is 0.471. The molecule has 2 atom stereocenters. The molecule has 0 radical (unpaired) electrons. The van der Waals surface area contributed by atoms with Crippen LogP contribution in [0.2, 0.25) is 0 Å². The van der Waals surface area contributed by atoms with Crippen LogP contribution in [-0.2, 0) is 7.05 Å². The number of carbonyl (C=O) groups is 1. The Morgan fingerprint density at radius 2 is 2.00 bits per heavy atom. The lowest BCUT2D eigenvalue weighted by atomic mass is 9.89. The first kappa shape index (κ1) is 16.4. The van der Waals surface area contributed by atoms with E-state index in [1.807, 2.05) is 13.0 Å². The summed E-state index contributed by atoms with van der Waals surface area (Å²) in [6.07, 6.45) is 0.